The van der Waals surface area contributed by atoms with E-state index >= 15 is 0 Å². The quantitative estimate of drug-likeness (QED) is 0.806. The van der Waals surface area contributed by atoms with Crippen molar-refractivity contribution in [2.24, 2.45) is 5.73 Å². The fourth-order valence-electron chi connectivity index (χ4n) is 2.11. The summed E-state index contributed by atoms with van der Waals surface area (Å²) in [6, 6.07) is 2.99. The number of rotatable bonds is 7. The van der Waals surface area contributed by atoms with Gasteiger partial charge in [-0.25, -0.2) is 4.39 Å². The van der Waals surface area contributed by atoms with Gasteiger partial charge in [-0.15, -0.1) is 0 Å². The van der Waals surface area contributed by atoms with E-state index in [0.717, 1.165) is 12.8 Å². The number of anilines is 1. The number of carbonyl (C=O) groups excluding carboxylic acids is 1. The van der Waals surface area contributed by atoms with E-state index in [4.69, 9.17) is 5.73 Å². The molecule has 1 atom stereocenters. The first-order valence-electron chi connectivity index (χ1n) is 6.88. The molecule has 0 aliphatic heterocycles. The number of unbranched alkanes of at least 4 members (excludes halogenated alkanes) is 1. The average Bonchev–Trinajstić information content (AvgIpc) is 2.36. The van der Waals surface area contributed by atoms with Crippen molar-refractivity contribution in [1.82, 2.24) is 0 Å². The second-order valence-electron chi connectivity index (χ2n) is 5.08. The highest BCUT2D eigenvalue weighted by Crippen LogP contribution is 2.29. The molecule has 20 heavy (non-hydrogen) atoms. The van der Waals surface area contributed by atoms with Crippen LogP contribution in [0.3, 0.4) is 0 Å². The van der Waals surface area contributed by atoms with Gasteiger partial charge >= 0.3 is 0 Å². The monoisotopic (exact) mass is 282 g/mol. The minimum atomic E-state index is -0.808. The topological polar surface area (TPSA) is 66.6 Å². The van der Waals surface area contributed by atoms with Crippen LogP contribution in [0.4, 0.5) is 10.1 Å². The zero-order chi connectivity index (χ0) is 15.3. The van der Waals surface area contributed by atoms with Gasteiger partial charge in [0.05, 0.1) is 12.6 Å². The Kier molecular flexibility index (Phi) is 5.95. The van der Waals surface area contributed by atoms with Crippen molar-refractivity contribution in [2.75, 3.05) is 18.0 Å². The molecule has 4 nitrogen and oxygen atoms in total. The molecular formula is C15H23FN2O2. The van der Waals surface area contributed by atoms with Gasteiger partial charge in [0, 0.05) is 17.8 Å². The van der Waals surface area contributed by atoms with Gasteiger partial charge in [0.15, 0.2) is 0 Å². The first kappa shape index (κ1) is 16.4. The molecule has 3 N–H and O–H groups in total. The van der Waals surface area contributed by atoms with Gasteiger partial charge in [0.1, 0.15) is 5.82 Å². The number of nitrogens with two attached hydrogens (primary N) is 1. The van der Waals surface area contributed by atoms with Gasteiger partial charge in [0.2, 0.25) is 5.91 Å². The van der Waals surface area contributed by atoms with E-state index in [1.54, 1.807) is 24.8 Å². The summed E-state index contributed by atoms with van der Waals surface area (Å²) in [7, 11) is 0. The number of aliphatic hydroxyl groups is 1. The first-order valence-corrected chi connectivity index (χ1v) is 6.88. The molecule has 0 fully saturated rings. The fourth-order valence-corrected chi connectivity index (χ4v) is 2.11. The van der Waals surface area contributed by atoms with E-state index in [-0.39, 0.29) is 12.4 Å². The third kappa shape index (κ3) is 4.20. The molecule has 1 amide bonds. The van der Waals surface area contributed by atoms with Gasteiger partial charge in [-0.2, -0.15) is 0 Å². The number of hydrogen-bond acceptors (Lipinski definition) is 3. The maximum Gasteiger partial charge on any atom is 0.236 e. The maximum absolute atomic E-state index is 13.7. The van der Waals surface area contributed by atoms with Crippen LogP contribution < -0.4 is 10.6 Å². The van der Waals surface area contributed by atoms with Gasteiger partial charge in [-0.1, -0.05) is 13.3 Å². The lowest BCUT2D eigenvalue weighted by atomic mass is 10.0. The lowest BCUT2D eigenvalue weighted by molar-refractivity contribution is -0.116. The van der Waals surface area contributed by atoms with Crippen molar-refractivity contribution >= 4 is 11.6 Å². The van der Waals surface area contributed by atoms with Crippen LogP contribution in [-0.2, 0) is 4.79 Å². The molecule has 112 valence electrons. The molecule has 1 aromatic carbocycles. The molecule has 0 bridgehead atoms. The van der Waals surface area contributed by atoms with Crippen LogP contribution in [-0.4, -0.2) is 24.1 Å². The van der Waals surface area contributed by atoms with Gasteiger partial charge in [-0.05, 0) is 38.0 Å². The van der Waals surface area contributed by atoms with Crippen LogP contribution in [0.5, 0.6) is 0 Å². The number of nitrogens with zero attached hydrogens (tertiary/aromatic N) is 1. The zero-order valence-corrected chi connectivity index (χ0v) is 12.3. The molecule has 0 aliphatic carbocycles. The van der Waals surface area contributed by atoms with E-state index in [1.165, 1.54) is 6.07 Å². The minimum absolute atomic E-state index is 0.0603. The van der Waals surface area contributed by atoms with Crippen LogP contribution in [0.15, 0.2) is 12.1 Å². The van der Waals surface area contributed by atoms with E-state index in [0.29, 0.717) is 23.4 Å². The number of hydrogen-bond donors (Lipinski definition) is 2. The van der Waals surface area contributed by atoms with Crippen molar-refractivity contribution in [3.63, 3.8) is 0 Å². The number of amides is 1. The third-order valence-electron chi connectivity index (χ3n) is 3.23. The molecule has 1 aromatic rings. The fraction of sp³-hybridized carbons (Fsp3) is 0.533. The summed E-state index contributed by atoms with van der Waals surface area (Å²) in [5, 5.41) is 9.82. The second-order valence-corrected chi connectivity index (χ2v) is 5.08. The summed E-state index contributed by atoms with van der Waals surface area (Å²) in [4.78, 5) is 13.0. The van der Waals surface area contributed by atoms with E-state index < -0.39 is 12.0 Å². The largest absolute Gasteiger partial charge is 0.389 e. The maximum atomic E-state index is 13.7. The van der Waals surface area contributed by atoms with E-state index in [9.17, 15) is 14.3 Å². The molecule has 0 aromatic heterocycles. The summed E-state index contributed by atoms with van der Waals surface area (Å²) in [6.07, 6.45) is 1.06. The Morgan fingerprint density at radius 3 is 2.65 bits per heavy atom. The Hall–Kier alpha value is -1.62. The molecule has 0 spiro atoms. The number of carbonyl (C=O) groups is 1. The summed E-state index contributed by atoms with van der Waals surface area (Å²) in [5.41, 5.74) is 6.91. The molecule has 0 aliphatic rings. The molecule has 5 heteroatoms. The van der Waals surface area contributed by atoms with Gasteiger partial charge in [-0.3, -0.25) is 4.79 Å². The molecule has 0 saturated carbocycles. The average molecular weight is 282 g/mol. The molecule has 0 unspecified atom stereocenters. The number of aliphatic hydroxyl groups excluding tert-OH is 1. The normalized spacial score (nSPS) is 12.2. The molecular weight excluding hydrogens is 259 g/mol. The molecule has 1 rings (SSSR count). The molecule has 0 radical (unpaired) electrons. The standard InChI is InChI=1S/C15H23FN2O2/c1-4-5-6-18(9-15(17)20)14-7-10(2)13(16)8-12(14)11(3)19/h7-8,11,19H,4-6,9H2,1-3H3,(H2,17,20)/t11-/m1/s1. The number of benzene rings is 1. The Morgan fingerprint density at radius 2 is 2.15 bits per heavy atom. The van der Waals surface area contributed by atoms with Crippen molar-refractivity contribution in [3.8, 4) is 0 Å². The van der Waals surface area contributed by atoms with Crippen LogP contribution in [0, 0.1) is 12.7 Å². The third-order valence-corrected chi connectivity index (χ3v) is 3.23. The Balaban J connectivity index is 3.22. The van der Waals surface area contributed by atoms with Crippen molar-refractivity contribution < 1.29 is 14.3 Å². The predicted molar refractivity (Wildman–Crippen MR) is 78.1 cm³/mol. The SMILES string of the molecule is CCCCN(CC(N)=O)c1cc(C)c(F)cc1[C@@H](C)O. The highest BCUT2D eigenvalue weighted by molar-refractivity contribution is 5.80. The van der Waals surface area contributed by atoms with Crippen LogP contribution in [0.25, 0.3) is 0 Å². The first-order chi connectivity index (χ1) is 9.36. The lowest BCUT2D eigenvalue weighted by Gasteiger charge is -2.27. The number of primary amides is 1. The second kappa shape index (κ2) is 7.24. The van der Waals surface area contributed by atoms with Crippen LogP contribution in [0.2, 0.25) is 0 Å². The zero-order valence-electron chi connectivity index (χ0n) is 12.3. The summed E-state index contributed by atoms with van der Waals surface area (Å²) in [6.45, 7) is 5.99. The Bertz CT molecular complexity index is 475. The smallest absolute Gasteiger partial charge is 0.236 e. The van der Waals surface area contributed by atoms with Gasteiger partial charge in [0.25, 0.3) is 0 Å². The Labute approximate surface area is 119 Å². The summed E-state index contributed by atoms with van der Waals surface area (Å²) >= 11 is 0. The number of halogens is 1. The van der Waals surface area contributed by atoms with Crippen molar-refractivity contribution in [2.45, 2.75) is 39.7 Å². The predicted octanol–water partition coefficient (Wildman–Crippen LogP) is 2.28. The van der Waals surface area contributed by atoms with E-state index in [1.807, 2.05) is 6.92 Å². The van der Waals surface area contributed by atoms with Gasteiger partial charge < -0.3 is 15.7 Å². The van der Waals surface area contributed by atoms with Crippen LogP contribution in [0.1, 0.15) is 43.9 Å². The van der Waals surface area contributed by atoms with Crippen molar-refractivity contribution in [1.29, 1.82) is 0 Å². The van der Waals surface area contributed by atoms with E-state index in [2.05, 4.69) is 0 Å². The highest BCUT2D eigenvalue weighted by Gasteiger charge is 2.18. The summed E-state index contributed by atoms with van der Waals surface area (Å²) in [5.74, 6) is -0.807. The molecule has 0 saturated heterocycles. The molecule has 0 heterocycles. The summed E-state index contributed by atoms with van der Waals surface area (Å²) < 4.78 is 13.7. The number of aryl methyl sites for hydroxylation is 1. The Morgan fingerprint density at radius 1 is 1.50 bits per heavy atom. The lowest BCUT2D eigenvalue weighted by Crippen LogP contribution is -2.35. The van der Waals surface area contributed by atoms with Crippen LogP contribution >= 0.6 is 0 Å². The van der Waals surface area contributed by atoms with Crippen molar-refractivity contribution in [3.05, 3.63) is 29.1 Å². The highest BCUT2D eigenvalue weighted by atomic mass is 19.1. The minimum Gasteiger partial charge on any atom is -0.389 e.